The van der Waals surface area contributed by atoms with E-state index in [4.69, 9.17) is 16.0 Å². The second kappa shape index (κ2) is 4.80. The summed E-state index contributed by atoms with van der Waals surface area (Å²) in [7, 11) is 0. The molecule has 0 aliphatic carbocycles. The van der Waals surface area contributed by atoms with Crippen LogP contribution in [0.2, 0.25) is 5.02 Å². The molecular weight excluding hydrogens is 276 g/mol. The Labute approximate surface area is 120 Å². The molecule has 0 saturated carbocycles. The van der Waals surface area contributed by atoms with Crippen LogP contribution in [-0.4, -0.2) is 15.6 Å². The van der Waals surface area contributed by atoms with Gasteiger partial charge in [-0.1, -0.05) is 29.8 Å². The van der Waals surface area contributed by atoms with E-state index in [2.05, 4.69) is 5.10 Å². The molecule has 0 radical (unpaired) electrons. The van der Waals surface area contributed by atoms with Gasteiger partial charge in [0.2, 0.25) is 5.78 Å². The lowest BCUT2D eigenvalue weighted by atomic mass is 10.2. The highest BCUT2D eigenvalue weighted by Gasteiger charge is 2.16. The van der Waals surface area contributed by atoms with Gasteiger partial charge >= 0.3 is 0 Å². The molecule has 4 nitrogen and oxygen atoms in total. The summed E-state index contributed by atoms with van der Waals surface area (Å²) in [5, 5.41) is 5.77. The topological polar surface area (TPSA) is 48.0 Å². The molecule has 1 aromatic carbocycles. The monoisotopic (exact) mass is 288 g/mol. The minimum absolute atomic E-state index is 0.122. The summed E-state index contributed by atoms with van der Waals surface area (Å²) < 4.78 is 7.16. The zero-order valence-electron chi connectivity index (χ0n) is 11.2. The van der Waals surface area contributed by atoms with Crippen molar-refractivity contribution in [2.24, 2.45) is 0 Å². The number of fused-ring (bicyclic) bond motifs is 1. The third kappa shape index (κ3) is 2.12. The first-order valence-corrected chi connectivity index (χ1v) is 6.65. The molecule has 102 valence electrons. The van der Waals surface area contributed by atoms with Crippen LogP contribution in [0.1, 0.15) is 21.9 Å². The van der Waals surface area contributed by atoms with Gasteiger partial charge in [-0.15, -0.1) is 0 Å². The minimum Gasteiger partial charge on any atom is -0.453 e. The number of aryl methyl sites for hydroxylation is 1. The lowest BCUT2D eigenvalue weighted by Gasteiger charge is -2.01. The molecule has 0 atom stereocenters. The Morgan fingerprint density at radius 3 is 2.75 bits per heavy atom. The van der Waals surface area contributed by atoms with Crippen LogP contribution >= 0.6 is 11.6 Å². The number of halogens is 1. The molecule has 3 rings (SSSR count). The van der Waals surface area contributed by atoms with Crippen molar-refractivity contribution in [2.45, 2.75) is 20.4 Å². The fraction of sp³-hybridized carbons (Fsp3) is 0.200. The zero-order chi connectivity index (χ0) is 14.3. The van der Waals surface area contributed by atoms with Gasteiger partial charge in [0, 0.05) is 5.39 Å². The third-order valence-corrected chi connectivity index (χ3v) is 3.83. The van der Waals surface area contributed by atoms with Crippen molar-refractivity contribution >= 4 is 28.4 Å². The van der Waals surface area contributed by atoms with Crippen LogP contribution in [0.4, 0.5) is 0 Å². The summed E-state index contributed by atoms with van der Waals surface area (Å²) in [5.74, 6) is 0.221. The van der Waals surface area contributed by atoms with Gasteiger partial charge < -0.3 is 4.42 Å². The summed E-state index contributed by atoms with van der Waals surface area (Å²) >= 11 is 6.07. The molecule has 0 unspecified atom stereocenters. The largest absolute Gasteiger partial charge is 0.453 e. The number of carbonyl (C=O) groups is 1. The summed E-state index contributed by atoms with van der Waals surface area (Å²) in [6, 6.07) is 9.29. The molecule has 0 aliphatic heterocycles. The molecule has 0 saturated heterocycles. The van der Waals surface area contributed by atoms with Gasteiger partial charge in [-0.05, 0) is 26.0 Å². The third-order valence-electron chi connectivity index (χ3n) is 3.29. The van der Waals surface area contributed by atoms with E-state index in [9.17, 15) is 4.79 Å². The average Bonchev–Trinajstić information content (AvgIpc) is 2.97. The molecule has 3 aromatic rings. The lowest BCUT2D eigenvalue weighted by molar-refractivity contribution is 0.0941. The normalized spacial score (nSPS) is 11.2. The first kappa shape index (κ1) is 12.9. The van der Waals surface area contributed by atoms with Crippen LogP contribution in [0.15, 0.2) is 34.7 Å². The van der Waals surface area contributed by atoms with Crippen molar-refractivity contribution < 1.29 is 9.21 Å². The van der Waals surface area contributed by atoms with Gasteiger partial charge in [0.1, 0.15) is 12.1 Å². The predicted molar refractivity (Wildman–Crippen MR) is 77.3 cm³/mol. The number of carbonyl (C=O) groups excluding carboxylic acids is 1. The number of nitrogens with zero attached hydrogens (tertiary/aromatic N) is 2. The molecule has 20 heavy (non-hydrogen) atoms. The number of Topliss-reactive ketones (excluding diaryl/α,β-unsaturated/α-hetero) is 1. The van der Waals surface area contributed by atoms with E-state index >= 15 is 0 Å². The van der Waals surface area contributed by atoms with Crippen molar-refractivity contribution in [2.75, 3.05) is 0 Å². The van der Waals surface area contributed by atoms with Gasteiger partial charge in [0.25, 0.3) is 0 Å². The van der Waals surface area contributed by atoms with Gasteiger partial charge in [-0.3, -0.25) is 9.48 Å². The molecule has 0 spiro atoms. The zero-order valence-corrected chi connectivity index (χ0v) is 11.9. The molecule has 0 fully saturated rings. The summed E-state index contributed by atoms with van der Waals surface area (Å²) in [5.41, 5.74) is 2.22. The highest BCUT2D eigenvalue weighted by atomic mass is 35.5. The number of hydrogen-bond donors (Lipinski definition) is 0. The number of furan rings is 1. The number of hydrogen-bond acceptors (Lipinski definition) is 3. The van der Waals surface area contributed by atoms with E-state index < -0.39 is 0 Å². The Morgan fingerprint density at radius 1 is 1.35 bits per heavy atom. The smallest absolute Gasteiger partial charge is 0.219 e. The molecule has 0 N–H and O–H groups in total. The number of benzene rings is 1. The maximum atomic E-state index is 12.3. The van der Waals surface area contributed by atoms with Crippen LogP contribution in [0.3, 0.4) is 0 Å². The number of rotatable bonds is 3. The van der Waals surface area contributed by atoms with Gasteiger partial charge in [-0.2, -0.15) is 5.10 Å². The molecule has 0 amide bonds. The molecule has 2 aromatic heterocycles. The molecular formula is C15H13ClN2O2. The highest BCUT2D eigenvalue weighted by Crippen LogP contribution is 2.21. The van der Waals surface area contributed by atoms with E-state index in [1.54, 1.807) is 10.7 Å². The van der Waals surface area contributed by atoms with E-state index in [0.717, 1.165) is 16.8 Å². The second-order valence-corrected chi connectivity index (χ2v) is 5.09. The Kier molecular flexibility index (Phi) is 3.10. The van der Waals surface area contributed by atoms with E-state index in [0.29, 0.717) is 16.4 Å². The van der Waals surface area contributed by atoms with Crippen LogP contribution in [0.25, 0.3) is 11.0 Å². The van der Waals surface area contributed by atoms with Crippen molar-refractivity contribution in [3.05, 3.63) is 52.5 Å². The van der Waals surface area contributed by atoms with Crippen LogP contribution < -0.4 is 0 Å². The maximum Gasteiger partial charge on any atom is 0.219 e. The van der Waals surface area contributed by atoms with Crippen LogP contribution in [0, 0.1) is 13.8 Å². The first-order valence-electron chi connectivity index (χ1n) is 6.27. The maximum absolute atomic E-state index is 12.3. The SMILES string of the molecule is Cc1nn(CC(=O)c2cc3ccccc3o2)c(C)c1Cl. The van der Waals surface area contributed by atoms with Gasteiger partial charge in [-0.25, -0.2) is 0 Å². The summed E-state index contributed by atoms with van der Waals surface area (Å²) in [6.07, 6.45) is 0. The number of ketones is 1. The first-order chi connectivity index (χ1) is 9.56. The Morgan fingerprint density at radius 2 is 2.10 bits per heavy atom. The van der Waals surface area contributed by atoms with Crippen molar-refractivity contribution in [3.8, 4) is 0 Å². The fourth-order valence-corrected chi connectivity index (χ4v) is 2.30. The van der Waals surface area contributed by atoms with Crippen LogP contribution in [-0.2, 0) is 6.54 Å². The lowest BCUT2D eigenvalue weighted by Crippen LogP contribution is -2.12. The number of aromatic nitrogens is 2. The van der Waals surface area contributed by atoms with Crippen molar-refractivity contribution in [1.82, 2.24) is 9.78 Å². The highest BCUT2D eigenvalue weighted by molar-refractivity contribution is 6.31. The van der Waals surface area contributed by atoms with Crippen molar-refractivity contribution in [3.63, 3.8) is 0 Å². The quantitative estimate of drug-likeness (QED) is 0.689. The standard InChI is InChI=1S/C15H13ClN2O2/c1-9-15(16)10(2)18(17-9)8-12(19)14-7-11-5-3-4-6-13(11)20-14/h3-7H,8H2,1-2H3. The van der Waals surface area contributed by atoms with E-state index in [1.807, 2.05) is 38.1 Å². The summed E-state index contributed by atoms with van der Waals surface area (Å²) in [6.45, 7) is 3.78. The van der Waals surface area contributed by atoms with E-state index in [-0.39, 0.29) is 12.3 Å². The Bertz CT molecular complexity index is 768. The molecule has 0 bridgehead atoms. The Hall–Kier alpha value is -2.07. The average molecular weight is 289 g/mol. The molecule has 5 heteroatoms. The van der Waals surface area contributed by atoms with Gasteiger partial charge in [0.15, 0.2) is 5.76 Å². The fourth-order valence-electron chi connectivity index (χ4n) is 2.16. The van der Waals surface area contributed by atoms with Crippen molar-refractivity contribution in [1.29, 1.82) is 0 Å². The molecule has 2 heterocycles. The predicted octanol–water partition coefficient (Wildman–Crippen LogP) is 3.78. The molecule has 0 aliphatic rings. The van der Waals surface area contributed by atoms with Crippen LogP contribution in [0.5, 0.6) is 0 Å². The minimum atomic E-state index is -0.122. The summed E-state index contributed by atoms with van der Waals surface area (Å²) in [4.78, 5) is 12.3. The second-order valence-electron chi connectivity index (χ2n) is 4.71. The number of para-hydroxylation sites is 1. The van der Waals surface area contributed by atoms with E-state index in [1.165, 1.54) is 0 Å². The van der Waals surface area contributed by atoms with Gasteiger partial charge in [0.05, 0.1) is 16.4 Å². The Balaban J connectivity index is 1.90.